The van der Waals surface area contributed by atoms with Gasteiger partial charge in [-0.3, -0.25) is 0 Å². The Kier molecular flexibility index (Phi) is 5.53. The Bertz CT molecular complexity index is 242. The van der Waals surface area contributed by atoms with E-state index in [2.05, 4.69) is 4.74 Å². The van der Waals surface area contributed by atoms with Crippen LogP contribution >= 0.6 is 0 Å². The smallest absolute Gasteiger partial charge is 0.330 e. The Morgan fingerprint density at radius 2 is 2.00 bits per heavy atom. The van der Waals surface area contributed by atoms with E-state index in [-0.39, 0.29) is 18.0 Å². The average molecular weight is 226 g/mol. The molecule has 0 aromatic rings. The number of esters is 1. The van der Waals surface area contributed by atoms with Crippen molar-refractivity contribution in [1.29, 1.82) is 0 Å². The molecule has 0 heterocycles. The summed E-state index contributed by atoms with van der Waals surface area (Å²) in [6.07, 6.45) is 8.75. The lowest BCUT2D eigenvalue weighted by molar-refractivity contribution is -0.134. The van der Waals surface area contributed by atoms with Gasteiger partial charge in [-0.15, -0.1) is 0 Å². The summed E-state index contributed by atoms with van der Waals surface area (Å²) in [5.41, 5.74) is 0. The molecule has 1 aliphatic carbocycles. The van der Waals surface area contributed by atoms with Gasteiger partial charge in [-0.2, -0.15) is 0 Å². The topological polar surface area (TPSA) is 46.5 Å². The summed E-state index contributed by atoms with van der Waals surface area (Å²) in [5, 5.41) is 10.1. The lowest BCUT2D eigenvalue weighted by Gasteiger charge is -2.29. The zero-order chi connectivity index (χ0) is 12.0. The van der Waals surface area contributed by atoms with Crippen LogP contribution in [0.1, 0.15) is 39.0 Å². The Morgan fingerprint density at radius 1 is 1.38 bits per heavy atom. The maximum Gasteiger partial charge on any atom is 0.330 e. The molecule has 0 radical (unpaired) electrons. The molecule has 3 heteroatoms. The van der Waals surface area contributed by atoms with Gasteiger partial charge in [0.1, 0.15) is 0 Å². The Morgan fingerprint density at radius 3 is 2.56 bits per heavy atom. The summed E-state index contributed by atoms with van der Waals surface area (Å²) >= 11 is 0. The highest BCUT2D eigenvalue weighted by molar-refractivity contribution is 5.81. The van der Waals surface area contributed by atoms with Crippen LogP contribution in [0.4, 0.5) is 0 Å². The van der Waals surface area contributed by atoms with Crippen LogP contribution in [0.5, 0.6) is 0 Å². The molecule has 0 saturated heterocycles. The van der Waals surface area contributed by atoms with Gasteiger partial charge in [0.2, 0.25) is 0 Å². The average Bonchev–Trinajstić information content (AvgIpc) is 2.35. The van der Waals surface area contributed by atoms with Crippen LogP contribution < -0.4 is 0 Å². The summed E-state index contributed by atoms with van der Waals surface area (Å²) in [6.45, 7) is 1.94. The first-order valence-corrected chi connectivity index (χ1v) is 6.09. The van der Waals surface area contributed by atoms with Crippen LogP contribution in [-0.4, -0.2) is 24.3 Å². The first-order chi connectivity index (χ1) is 7.65. The maximum absolute atomic E-state index is 10.9. The molecule has 92 valence electrons. The highest BCUT2D eigenvalue weighted by Crippen LogP contribution is 2.29. The molecule has 2 atom stereocenters. The molecule has 0 spiro atoms. The van der Waals surface area contributed by atoms with Gasteiger partial charge < -0.3 is 9.84 Å². The van der Waals surface area contributed by atoms with Crippen molar-refractivity contribution in [1.82, 2.24) is 0 Å². The zero-order valence-corrected chi connectivity index (χ0v) is 10.2. The van der Waals surface area contributed by atoms with Crippen molar-refractivity contribution in [3.05, 3.63) is 12.2 Å². The van der Waals surface area contributed by atoms with E-state index in [1.165, 1.54) is 32.4 Å². The van der Waals surface area contributed by atoms with Crippen molar-refractivity contribution in [2.24, 2.45) is 11.8 Å². The third kappa shape index (κ3) is 3.97. The van der Waals surface area contributed by atoms with E-state index in [0.29, 0.717) is 5.92 Å². The molecular formula is C13H22O3. The SMILES string of the molecule is COC(=O)/C=C/[C@@H](C)[C@@H](O)C1CCCCC1. The fourth-order valence-electron chi connectivity index (χ4n) is 2.32. The minimum absolute atomic E-state index is 0.0159. The van der Waals surface area contributed by atoms with E-state index in [0.717, 1.165) is 12.8 Å². The minimum Gasteiger partial charge on any atom is -0.466 e. The molecule has 0 aromatic heterocycles. The summed E-state index contributed by atoms with van der Waals surface area (Å²) in [7, 11) is 1.36. The number of rotatable bonds is 4. The molecule has 1 saturated carbocycles. The van der Waals surface area contributed by atoms with Crippen LogP contribution in [0.3, 0.4) is 0 Å². The third-order valence-corrected chi connectivity index (χ3v) is 3.41. The molecule has 0 aliphatic heterocycles. The summed E-state index contributed by atoms with van der Waals surface area (Å²) < 4.78 is 4.52. The van der Waals surface area contributed by atoms with Crippen molar-refractivity contribution < 1.29 is 14.6 Å². The molecule has 1 aliphatic rings. The number of aliphatic hydroxyl groups is 1. The third-order valence-electron chi connectivity index (χ3n) is 3.41. The van der Waals surface area contributed by atoms with E-state index >= 15 is 0 Å². The number of carbonyl (C=O) groups is 1. The van der Waals surface area contributed by atoms with E-state index in [4.69, 9.17) is 0 Å². The largest absolute Gasteiger partial charge is 0.466 e. The highest BCUT2D eigenvalue weighted by atomic mass is 16.5. The Balaban J connectivity index is 2.42. The van der Waals surface area contributed by atoms with Gasteiger partial charge in [0.15, 0.2) is 0 Å². The molecule has 1 N–H and O–H groups in total. The molecule has 0 unspecified atom stereocenters. The molecular weight excluding hydrogens is 204 g/mol. The van der Waals surface area contributed by atoms with E-state index in [1.54, 1.807) is 6.08 Å². The Hall–Kier alpha value is -0.830. The van der Waals surface area contributed by atoms with Crippen molar-refractivity contribution in [2.75, 3.05) is 7.11 Å². The first-order valence-electron chi connectivity index (χ1n) is 6.09. The standard InChI is InChI=1S/C13H22O3/c1-10(8-9-12(14)16-2)13(15)11-6-4-3-5-7-11/h8-11,13,15H,3-7H2,1-2H3/b9-8+/t10-,13-/m1/s1. The maximum atomic E-state index is 10.9. The van der Waals surface area contributed by atoms with Crippen LogP contribution in [0.15, 0.2) is 12.2 Å². The van der Waals surface area contributed by atoms with E-state index in [1.807, 2.05) is 6.92 Å². The first kappa shape index (κ1) is 13.2. The Labute approximate surface area is 97.5 Å². The van der Waals surface area contributed by atoms with Crippen LogP contribution in [0, 0.1) is 11.8 Å². The number of hydrogen-bond acceptors (Lipinski definition) is 3. The summed E-state index contributed by atoms with van der Waals surface area (Å²) in [4.78, 5) is 10.9. The number of methoxy groups -OCH3 is 1. The lowest BCUT2D eigenvalue weighted by atomic mass is 9.81. The fraction of sp³-hybridized carbons (Fsp3) is 0.769. The predicted octanol–water partition coefficient (Wildman–Crippen LogP) is 2.29. The number of carbonyl (C=O) groups excluding carboxylic acids is 1. The molecule has 0 bridgehead atoms. The number of aliphatic hydroxyl groups excluding tert-OH is 1. The summed E-state index contributed by atoms with van der Waals surface area (Å²) in [6, 6.07) is 0. The predicted molar refractivity (Wildman–Crippen MR) is 62.9 cm³/mol. The fourth-order valence-corrected chi connectivity index (χ4v) is 2.32. The highest BCUT2D eigenvalue weighted by Gasteiger charge is 2.24. The molecule has 0 aromatic carbocycles. The van der Waals surface area contributed by atoms with Crippen LogP contribution in [0.25, 0.3) is 0 Å². The normalized spacial score (nSPS) is 21.9. The van der Waals surface area contributed by atoms with Gasteiger partial charge in [-0.25, -0.2) is 4.79 Å². The summed E-state index contributed by atoms with van der Waals surface area (Å²) in [5.74, 6) is 0.0518. The molecule has 16 heavy (non-hydrogen) atoms. The molecule has 0 amide bonds. The number of hydrogen-bond donors (Lipinski definition) is 1. The van der Waals surface area contributed by atoms with E-state index < -0.39 is 0 Å². The second-order valence-electron chi connectivity index (χ2n) is 4.63. The van der Waals surface area contributed by atoms with Crippen LogP contribution in [0.2, 0.25) is 0 Å². The van der Waals surface area contributed by atoms with Crippen LogP contribution in [-0.2, 0) is 9.53 Å². The second kappa shape index (κ2) is 6.69. The molecule has 1 fully saturated rings. The molecule has 1 rings (SSSR count). The van der Waals surface area contributed by atoms with Crippen molar-refractivity contribution in [3.63, 3.8) is 0 Å². The van der Waals surface area contributed by atoms with Crippen molar-refractivity contribution >= 4 is 5.97 Å². The lowest BCUT2D eigenvalue weighted by Crippen LogP contribution is -2.28. The minimum atomic E-state index is -0.359. The van der Waals surface area contributed by atoms with E-state index in [9.17, 15) is 9.90 Å². The van der Waals surface area contributed by atoms with Crippen molar-refractivity contribution in [2.45, 2.75) is 45.1 Å². The van der Waals surface area contributed by atoms with Gasteiger partial charge >= 0.3 is 5.97 Å². The van der Waals surface area contributed by atoms with Gasteiger partial charge in [0.25, 0.3) is 0 Å². The van der Waals surface area contributed by atoms with Gasteiger partial charge in [0, 0.05) is 12.0 Å². The van der Waals surface area contributed by atoms with Gasteiger partial charge in [-0.1, -0.05) is 32.3 Å². The monoisotopic (exact) mass is 226 g/mol. The second-order valence-corrected chi connectivity index (χ2v) is 4.63. The van der Waals surface area contributed by atoms with Crippen molar-refractivity contribution in [3.8, 4) is 0 Å². The quantitative estimate of drug-likeness (QED) is 0.591. The van der Waals surface area contributed by atoms with Gasteiger partial charge in [-0.05, 0) is 18.8 Å². The molecule has 3 nitrogen and oxygen atoms in total. The van der Waals surface area contributed by atoms with Gasteiger partial charge in [0.05, 0.1) is 13.2 Å². The number of ether oxygens (including phenoxy) is 1. The zero-order valence-electron chi connectivity index (χ0n) is 10.2.